The van der Waals surface area contributed by atoms with E-state index in [-0.39, 0.29) is 5.97 Å². The summed E-state index contributed by atoms with van der Waals surface area (Å²) in [5.74, 6) is 0.964. The number of benzene rings is 2. The van der Waals surface area contributed by atoms with Crippen molar-refractivity contribution in [1.82, 2.24) is 0 Å². The van der Waals surface area contributed by atoms with E-state index >= 15 is 0 Å². The van der Waals surface area contributed by atoms with Crippen LogP contribution in [0.3, 0.4) is 0 Å². The minimum atomic E-state index is -0.266. The van der Waals surface area contributed by atoms with Crippen LogP contribution in [0.1, 0.15) is 53.7 Å². The molecule has 1 aliphatic heterocycles. The van der Waals surface area contributed by atoms with Gasteiger partial charge in [0.05, 0.1) is 12.2 Å². The number of aryl methyl sites for hydroxylation is 1. The molecule has 0 fully saturated rings. The first-order valence-electron chi connectivity index (χ1n) is 8.89. The maximum atomic E-state index is 11.7. The van der Waals surface area contributed by atoms with Gasteiger partial charge in [0, 0.05) is 4.90 Å². The molecule has 0 atom stereocenters. The Labute approximate surface area is 154 Å². The summed E-state index contributed by atoms with van der Waals surface area (Å²) in [6.45, 7) is 4.36. The highest BCUT2D eigenvalue weighted by Crippen LogP contribution is 2.31. The third kappa shape index (κ3) is 4.55. The summed E-state index contributed by atoms with van der Waals surface area (Å²) < 4.78 is 5.02. The molecule has 2 aromatic carbocycles. The summed E-state index contributed by atoms with van der Waals surface area (Å²) >= 11 is 1.98. The molecule has 1 aliphatic rings. The third-order valence-corrected chi connectivity index (χ3v) is 5.62. The Morgan fingerprint density at radius 2 is 1.88 bits per heavy atom. The van der Waals surface area contributed by atoms with Gasteiger partial charge in [0.25, 0.3) is 0 Å². The standard InChI is InChI=1S/C22H24O2S/c1-3-24-22(23)18-9-7-17(8-10-18)14-16(2)19-11-12-21-20(15-19)6-4-5-13-25-21/h7-12,14-15H,3-6,13H2,1-2H3. The van der Waals surface area contributed by atoms with Crippen LogP contribution >= 0.6 is 11.8 Å². The fourth-order valence-electron chi connectivity index (χ4n) is 3.02. The quantitative estimate of drug-likeness (QED) is 0.510. The van der Waals surface area contributed by atoms with Crippen molar-refractivity contribution in [1.29, 1.82) is 0 Å². The second kappa shape index (κ2) is 8.39. The molecule has 130 valence electrons. The van der Waals surface area contributed by atoms with E-state index in [9.17, 15) is 4.79 Å². The summed E-state index contributed by atoms with van der Waals surface area (Å²) in [5.41, 5.74) is 5.68. The maximum absolute atomic E-state index is 11.7. The van der Waals surface area contributed by atoms with Crippen molar-refractivity contribution in [3.05, 3.63) is 64.7 Å². The summed E-state index contributed by atoms with van der Waals surface area (Å²) in [6.07, 6.45) is 5.93. The zero-order valence-electron chi connectivity index (χ0n) is 14.9. The van der Waals surface area contributed by atoms with E-state index in [1.807, 2.05) is 43.0 Å². The van der Waals surface area contributed by atoms with Crippen molar-refractivity contribution >= 4 is 29.4 Å². The number of ether oxygens (including phenoxy) is 1. The lowest BCUT2D eigenvalue weighted by molar-refractivity contribution is 0.0526. The molecule has 0 saturated heterocycles. The average Bonchev–Trinajstić information content (AvgIpc) is 2.87. The highest BCUT2D eigenvalue weighted by Gasteiger charge is 2.10. The number of allylic oxidation sites excluding steroid dienone is 1. The van der Waals surface area contributed by atoms with Crippen LogP contribution in [0.2, 0.25) is 0 Å². The first-order valence-corrected chi connectivity index (χ1v) is 9.87. The van der Waals surface area contributed by atoms with Gasteiger partial charge in [-0.3, -0.25) is 0 Å². The topological polar surface area (TPSA) is 26.3 Å². The van der Waals surface area contributed by atoms with Gasteiger partial charge in [-0.05, 0) is 79.3 Å². The Morgan fingerprint density at radius 3 is 2.64 bits per heavy atom. The van der Waals surface area contributed by atoms with Crippen LogP contribution in [0.25, 0.3) is 11.6 Å². The monoisotopic (exact) mass is 352 g/mol. The second-order valence-corrected chi connectivity index (χ2v) is 7.43. The molecule has 0 saturated carbocycles. The van der Waals surface area contributed by atoms with E-state index in [0.29, 0.717) is 12.2 Å². The van der Waals surface area contributed by atoms with E-state index < -0.39 is 0 Å². The van der Waals surface area contributed by atoms with Crippen molar-refractivity contribution in [2.75, 3.05) is 12.4 Å². The maximum Gasteiger partial charge on any atom is 0.338 e. The molecule has 0 unspecified atom stereocenters. The number of hydrogen-bond acceptors (Lipinski definition) is 3. The fourth-order valence-corrected chi connectivity index (χ4v) is 4.10. The van der Waals surface area contributed by atoms with Gasteiger partial charge in [0.1, 0.15) is 0 Å². The molecular weight excluding hydrogens is 328 g/mol. The molecule has 0 radical (unpaired) electrons. The zero-order valence-corrected chi connectivity index (χ0v) is 15.7. The lowest BCUT2D eigenvalue weighted by atomic mass is 9.99. The molecule has 0 N–H and O–H groups in total. The SMILES string of the molecule is CCOC(=O)c1ccc(C=C(C)c2ccc3c(c2)CCCCS3)cc1. The number of carbonyl (C=O) groups is 1. The van der Waals surface area contributed by atoms with Crippen molar-refractivity contribution in [3.63, 3.8) is 0 Å². The number of fused-ring (bicyclic) bond motifs is 1. The molecule has 0 bridgehead atoms. The summed E-state index contributed by atoms with van der Waals surface area (Å²) in [6, 6.07) is 14.4. The van der Waals surface area contributed by atoms with E-state index in [4.69, 9.17) is 4.74 Å². The van der Waals surface area contributed by atoms with Gasteiger partial charge in [-0.1, -0.05) is 30.3 Å². The second-order valence-electron chi connectivity index (χ2n) is 6.30. The molecular formula is C22H24O2S. The van der Waals surface area contributed by atoms with Crippen molar-refractivity contribution in [2.24, 2.45) is 0 Å². The third-order valence-electron chi connectivity index (χ3n) is 4.42. The lowest BCUT2D eigenvalue weighted by Crippen LogP contribution is -2.03. The predicted molar refractivity (Wildman–Crippen MR) is 106 cm³/mol. The first kappa shape index (κ1) is 17.8. The molecule has 0 spiro atoms. The molecule has 0 amide bonds. The number of hydrogen-bond donors (Lipinski definition) is 0. The summed E-state index contributed by atoms with van der Waals surface area (Å²) in [7, 11) is 0. The molecule has 25 heavy (non-hydrogen) atoms. The Balaban J connectivity index is 1.79. The summed E-state index contributed by atoms with van der Waals surface area (Å²) in [5, 5.41) is 0. The Hall–Kier alpha value is -2.00. The number of rotatable bonds is 4. The van der Waals surface area contributed by atoms with Crippen LogP contribution in [0, 0.1) is 0 Å². The molecule has 2 nitrogen and oxygen atoms in total. The molecule has 3 heteroatoms. The average molecular weight is 352 g/mol. The lowest BCUT2D eigenvalue weighted by Gasteiger charge is -2.09. The van der Waals surface area contributed by atoms with Crippen LogP contribution in [-0.4, -0.2) is 18.3 Å². The van der Waals surface area contributed by atoms with Gasteiger partial charge in [-0.25, -0.2) is 4.79 Å². The van der Waals surface area contributed by atoms with Crippen LogP contribution in [0.5, 0.6) is 0 Å². The predicted octanol–water partition coefficient (Wildman–Crippen LogP) is 5.85. The van der Waals surface area contributed by atoms with Crippen molar-refractivity contribution < 1.29 is 9.53 Å². The van der Waals surface area contributed by atoms with E-state index in [0.717, 1.165) is 5.56 Å². The zero-order chi connectivity index (χ0) is 17.6. The first-order chi connectivity index (χ1) is 12.2. The smallest absolute Gasteiger partial charge is 0.338 e. The fraction of sp³-hybridized carbons (Fsp3) is 0.318. The van der Waals surface area contributed by atoms with Crippen LogP contribution in [-0.2, 0) is 11.2 Å². The van der Waals surface area contributed by atoms with Crippen LogP contribution in [0.15, 0.2) is 47.4 Å². The van der Waals surface area contributed by atoms with Gasteiger partial charge in [0.2, 0.25) is 0 Å². The largest absolute Gasteiger partial charge is 0.462 e. The number of carbonyl (C=O) groups excluding carboxylic acids is 1. The van der Waals surface area contributed by atoms with Crippen LogP contribution < -0.4 is 0 Å². The minimum Gasteiger partial charge on any atom is -0.462 e. The number of thioether (sulfide) groups is 1. The Morgan fingerprint density at radius 1 is 1.12 bits per heavy atom. The molecule has 0 aromatic heterocycles. The normalized spacial score (nSPS) is 14.6. The molecule has 0 aliphatic carbocycles. The Kier molecular flexibility index (Phi) is 5.98. The Bertz CT molecular complexity index is 775. The van der Waals surface area contributed by atoms with Crippen molar-refractivity contribution in [3.8, 4) is 0 Å². The van der Waals surface area contributed by atoms with Gasteiger partial charge in [-0.15, -0.1) is 11.8 Å². The minimum absolute atomic E-state index is 0.266. The summed E-state index contributed by atoms with van der Waals surface area (Å²) in [4.78, 5) is 13.2. The molecule has 2 aromatic rings. The van der Waals surface area contributed by atoms with Gasteiger partial charge >= 0.3 is 5.97 Å². The molecule has 3 rings (SSSR count). The van der Waals surface area contributed by atoms with E-state index in [1.165, 1.54) is 46.6 Å². The highest BCUT2D eigenvalue weighted by atomic mass is 32.2. The molecule has 1 heterocycles. The van der Waals surface area contributed by atoms with Crippen molar-refractivity contribution in [2.45, 2.75) is 38.0 Å². The van der Waals surface area contributed by atoms with E-state index in [1.54, 1.807) is 0 Å². The highest BCUT2D eigenvalue weighted by molar-refractivity contribution is 7.99. The van der Waals surface area contributed by atoms with E-state index in [2.05, 4.69) is 31.2 Å². The van der Waals surface area contributed by atoms with Gasteiger partial charge in [0.15, 0.2) is 0 Å². The van der Waals surface area contributed by atoms with Crippen LogP contribution in [0.4, 0.5) is 0 Å². The van der Waals surface area contributed by atoms with Gasteiger partial charge in [-0.2, -0.15) is 0 Å². The number of esters is 1. The van der Waals surface area contributed by atoms with Gasteiger partial charge < -0.3 is 4.74 Å².